The van der Waals surface area contributed by atoms with Gasteiger partial charge in [0.2, 0.25) is 5.91 Å². The Labute approximate surface area is 147 Å². The Balaban J connectivity index is 2.06. The lowest BCUT2D eigenvalue weighted by Crippen LogP contribution is -2.53. The van der Waals surface area contributed by atoms with E-state index in [4.69, 9.17) is 21.1 Å². The molecule has 1 fully saturated rings. The van der Waals surface area contributed by atoms with E-state index in [2.05, 4.69) is 5.32 Å². The molecule has 2 amide bonds. The number of ether oxygens (including phenoxy) is 2. The fraction of sp³-hybridized carbons (Fsp3) is 0.529. The van der Waals surface area contributed by atoms with Crippen molar-refractivity contribution < 1.29 is 19.1 Å². The fourth-order valence-corrected chi connectivity index (χ4v) is 2.75. The molecule has 1 aliphatic rings. The maximum atomic E-state index is 12.5. The van der Waals surface area contributed by atoms with Gasteiger partial charge in [-0.05, 0) is 31.0 Å². The van der Waals surface area contributed by atoms with E-state index in [1.807, 2.05) is 6.92 Å². The van der Waals surface area contributed by atoms with Crippen LogP contribution in [0.1, 0.15) is 24.9 Å². The van der Waals surface area contributed by atoms with E-state index in [0.717, 1.165) is 12.0 Å². The molecule has 6 nitrogen and oxygen atoms in total. The number of likely N-dealkylation sites (N-methyl/N-ethyl adjacent to an activating group) is 1. The third-order valence-corrected chi connectivity index (χ3v) is 4.17. The van der Waals surface area contributed by atoms with Gasteiger partial charge < -0.3 is 19.7 Å². The molecule has 0 unspecified atom stereocenters. The van der Waals surface area contributed by atoms with Gasteiger partial charge in [-0.2, -0.15) is 0 Å². The smallest absolute Gasteiger partial charge is 0.251 e. The first-order valence-corrected chi connectivity index (χ1v) is 8.40. The predicted octanol–water partition coefficient (Wildman–Crippen LogP) is 1.78. The Morgan fingerprint density at radius 1 is 1.42 bits per heavy atom. The van der Waals surface area contributed by atoms with E-state index >= 15 is 0 Å². The summed E-state index contributed by atoms with van der Waals surface area (Å²) in [6.45, 7) is 3.59. The Hall–Kier alpha value is -1.63. The van der Waals surface area contributed by atoms with Crippen LogP contribution in [0.2, 0.25) is 5.02 Å². The molecule has 0 radical (unpaired) electrons. The predicted molar refractivity (Wildman–Crippen MR) is 90.8 cm³/mol. The number of carbonyl (C=O) groups excluding carboxylic acids is 2. The van der Waals surface area contributed by atoms with Crippen LogP contribution in [-0.2, 0) is 19.1 Å². The normalized spacial score (nSPS) is 21.0. The zero-order valence-electron chi connectivity index (χ0n) is 14.0. The number of halogens is 1. The highest BCUT2D eigenvalue weighted by atomic mass is 35.5. The summed E-state index contributed by atoms with van der Waals surface area (Å²) in [5.41, 5.74) is 0.810. The summed E-state index contributed by atoms with van der Waals surface area (Å²) in [4.78, 5) is 26.0. The van der Waals surface area contributed by atoms with Crippen molar-refractivity contribution in [2.24, 2.45) is 0 Å². The minimum absolute atomic E-state index is 0.0996. The minimum Gasteiger partial charge on any atom is -0.382 e. The molecule has 1 aliphatic heterocycles. The summed E-state index contributed by atoms with van der Waals surface area (Å²) in [5, 5.41) is 3.45. The molecule has 0 spiro atoms. The highest BCUT2D eigenvalue weighted by Crippen LogP contribution is 2.30. The van der Waals surface area contributed by atoms with Crippen LogP contribution in [0.3, 0.4) is 0 Å². The third kappa shape index (κ3) is 4.69. The number of amides is 2. The van der Waals surface area contributed by atoms with Crippen LogP contribution in [0.4, 0.5) is 0 Å². The Morgan fingerprint density at radius 2 is 2.12 bits per heavy atom. The average molecular weight is 355 g/mol. The highest BCUT2D eigenvalue weighted by molar-refractivity contribution is 6.30. The molecule has 0 aliphatic carbocycles. The molecule has 1 N–H and O–H groups in total. The number of benzene rings is 1. The van der Waals surface area contributed by atoms with Gasteiger partial charge in [-0.25, -0.2) is 0 Å². The summed E-state index contributed by atoms with van der Waals surface area (Å²) in [7, 11) is 1.68. The first-order chi connectivity index (χ1) is 11.5. The van der Waals surface area contributed by atoms with Crippen molar-refractivity contribution in [3.8, 4) is 0 Å². The fourth-order valence-electron chi connectivity index (χ4n) is 2.62. The van der Waals surface area contributed by atoms with Gasteiger partial charge in [0.15, 0.2) is 6.10 Å². The number of nitrogens with one attached hydrogen (secondary N) is 1. The molecule has 132 valence electrons. The van der Waals surface area contributed by atoms with Crippen LogP contribution in [0, 0.1) is 0 Å². The van der Waals surface area contributed by atoms with E-state index in [0.29, 0.717) is 24.8 Å². The summed E-state index contributed by atoms with van der Waals surface area (Å²) >= 11 is 5.92. The molecule has 0 aromatic heterocycles. The molecule has 2 atom stereocenters. The second-order valence-electron chi connectivity index (χ2n) is 5.57. The monoisotopic (exact) mass is 354 g/mol. The van der Waals surface area contributed by atoms with Crippen molar-refractivity contribution in [1.29, 1.82) is 0 Å². The lowest BCUT2D eigenvalue weighted by atomic mass is 9.97. The zero-order chi connectivity index (χ0) is 17.5. The summed E-state index contributed by atoms with van der Waals surface area (Å²) in [6.07, 6.45) is -0.0203. The lowest BCUT2D eigenvalue weighted by Gasteiger charge is -2.38. The third-order valence-electron chi connectivity index (χ3n) is 3.92. The minimum atomic E-state index is -0.749. The van der Waals surface area contributed by atoms with E-state index in [1.165, 1.54) is 0 Å². The lowest BCUT2D eigenvalue weighted by molar-refractivity contribution is -0.162. The van der Waals surface area contributed by atoms with Gasteiger partial charge in [0.05, 0.1) is 6.04 Å². The van der Waals surface area contributed by atoms with Gasteiger partial charge >= 0.3 is 0 Å². The van der Waals surface area contributed by atoms with Gasteiger partial charge in [0.25, 0.3) is 5.91 Å². The van der Waals surface area contributed by atoms with Crippen molar-refractivity contribution >= 4 is 23.4 Å². The van der Waals surface area contributed by atoms with Crippen LogP contribution in [-0.4, -0.2) is 56.2 Å². The van der Waals surface area contributed by atoms with E-state index in [1.54, 1.807) is 36.2 Å². The average Bonchev–Trinajstić information content (AvgIpc) is 2.58. The van der Waals surface area contributed by atoms with Crippen molar-refractivity contribution in [2.45, 2.75) is 25.5 Å². The number of hydrogen-bond donors (Lipinski definition) is 1. The van der Waals surface area contributed by atoms with Crippen LogP contribution in [0.25, 0.3) is 0 Å². The van der Waals surface area contributed by atoms with Crippen molar-refractivity contribution in [1.82, 2.24) is 10.2 Å². The molecule has 24 heavy (non-hydrogen) atoms. The molecular weight excluding hydrogens is 332 g/mol. The van der Waals surface area contributed by atoms with Crippen molar-refractivity contribution in [3.05, 3.63) is 34.9 Å². The van der Waals surface area contributed by atoms with E-state index in [9.17, 15) is 9.59 Å². The van der Waals surface area contributed by atoms with Crippen molar-refractivity contribution in [2.75, 3.05) is 33.4 Å². The number of rotatable bonds is 7. The Kier molecular flexibility index (Phi) is 7.02. The maximum absolute atomic E-state index is 12.5. The Bertz CT molecular complexity index is 564. The SMILES string of the molecule is CCOCCCNC(=O)[C@@H]1OCC(=O)N(C)[C@@H]1c1ccc(Cl)cc1. The molecule has 2 rings (SSSR count). The second kappa shape index (κ2) is 9.01. The highest BCUT2D eigenvalue weighted by Gasteiger charge is 2.39. The zero-order valence-corrected chi connectivity index (χ0v) is 14.7. The van der Waals surface area contributed by atoms with Gasteiger partial charge in [-0.15, -0.1) is 0 Å². The maximum Gasteiger partial charge on any atom is 0.251 e. The van der Waals surface area contributed by atoms with Gasteiger partial charge in [0, 0.05) is 31.8 Å². The number of nitrogens with zero attached hydrogens (tertiary/aromatic N) is 1. The molecule has 7 heteroatoms. The Morgan fingerprint density at radius 3 is 2.79 bits per heavy atom. The number of hydrogen-bond acceptors (Lipinski definition) is 4. The van der Waals surface area contributed by atoms with E-state index in [-0.39, 0.29) is 18.4 Å². The van der Waals surface area contributed by atoms with Gasteiger partial charge in [-0.3, -0.25) is 9.59 Å². The molecule has 0 bridgehead atoms. The summed E-state index contributed by atoms with van der Waals surface area (Å²) in [5.74, 6) is -0.388. The summed E-state index contributed by atoms with van der Waals surface area (Å²) < 4.78 is 10.8. The van der Waals surface area contributed by atoms with Crippen LogP contribution in [0.15, 0.2) is 24.3 Å². The molecule has 0 saturated carbocycles. The number of carbonyl (C=O) groups is 2. The van der Waals surface area contributed by atoms with Gasteiger partial charge in [0.1, 0.15) is 6.61 Å². The van der Waals surface area contributed by atoms with Gasteiger partial charge in [-0.1, -0.05) is 23.7 Å². The standard InChI is InChI=1S/C17H23ClN2O4/c1-3-23-10-4-9-19-17(22)16-15(20(2)14(21)11-24-16)12-5-7-13(18)8-6-12/h5-8,15-16H,3-4,9-11H2,1-2H3,(H,19,22)/t15-,16-/m1/s1. The second-order valence-corrected chi connectivity index (χ2v) is 6.01. The molecule has 1 aromatic carbocycles. The quantitative estimate of drug-likeness (QED) is 0.758. The molecule has 1 saturated heterocycles. The number of morpholine rings is 1. The topological polar surface area (TPSA) is 67.9 Å². The van der Waals surface area contributed by atoms with Crippen LogP contribution < -0.4 is 5.32 Å². The van der Waals surface area contributed by atoms with Crippen LogP contribution in [0.5, 0.6) is 0 Å². The molecule has 1 aromatic rings. The summed E-state index contributed by atoms with van der Waals surface area (Å²) in [6, 6.07) is 6.61. The van der Waals surface area contributed by atoms with Crippen molar-refractivity contribution in [3.63, 3.8) is 0 Å². The molecular formula is C17H23ClN2O4. The first kappa shape index (κ1) is 18.7. The van der Waals surface area contributed by atoms with E-state index < -0.39 is 12.1 Å². The van der Waals surface area contributed by atoms with Crippen LogP contribution >= 0.6 is 11.6 Å². The largest absolute Gasteiger partial charge is 0.382 e. The molecule has 1 heterocycles. The first-order valence-electron chi connectivity index (χ1n) is 8.02.